The van der Waals surface area contributed by atoms with Gasteiger partial charge in [-0.25, -0.2) is 0 Å². The van der Waals surface area contributed by atoms with Crippen molar-refractivity contribution >= 4 is 23.6 Å². The summed E-state index contributed by atoms with van der Waals surface area (Å²) >= 11 is 0. The molecule has 4 amide bonds. The first-order valence-electron chi connectivity index (χ1n) is 10.8. The Bertz CT molecular complexity index is 908. The molecule has 5 rings (SSSR count). The predicted molar refractivity (Wildman–Crippen MR) is 107 cm³/mol. The maximum Gasteiger partial charge on any atom is 0.262 e. The fourth-order valence-corrected chi connectivity index (χ4v) is 5.50. The molecule has 1 aliphatic carbocycles. The largest absolute Gasteiger partial charge is 0.316 e. The number of rotatable bonds is 4. The van der Waals surface area contributed by atoms with Crippen molar-refractivity contribution in [1.82, 2.24) is 20.9 Å². The molecule has 2 saturated heterocycles. The molecule has 3 N–H and O–H groups in total. The van der Waals surface area contributed by atoms with Crippen molar-refractivity contribution in [2.24, 2.45) is 11.8 Å². The van der Waals surface area contributed by atoms with Crippen LogP contribution in [0.5, 0.6) is 0 Å². The number of carbonyl (C=O) groups is 4. The molecule has 3 unspecified atom stereocenters. The van der Waals surface area contributed by atoms with Crippen LogP contribution >= 0.6 is 0 Å². The van der Waals surface area contributed by atoms with Gasteiger partial charge in [0, 0.05) is 19.0 Å². The number of fused-ring (bicyclic) bond motifs is 3. The molecule has 1 saturated carbocycles. The van der Waals surface area contributed by atoms with E-state index in [1.54, 1.807) is 12.1 Å². The highest BCUT2D eigenvalue weighted by molar-refractivity contribution is 6.23. The van der Waals surface area contributed by atoms with E-state index in [9.17, 15) is 19.2 Å². The van der Waals surface area contributed by atoms with Crippen molar-refractivity contribution < 1.29 is 19.2 Å². The molecule has 4 aliphatic rings. The lowest BCUT2D eigenvalue weighted by molar-refractivity contribution is -0.136. The van der Waals surface area contributed by atoms with Gasteiger partial charge in [0.1, 0.15) is 6.04 Å². The molecule has 3 aliphatic heterocycles. The molecular formula is C22H26N4O4. The van der Waals surface area contributed by atoms with Crippen molar-refractivity contribution in [3.8, 4) is 0 Å². The van der Waals surface area contributed by atoms with E-state index in [1.807, 2.05) is 6.07 Å². The van der Waals surface area contributed by atoms with E-state index in [0.29, 0.717) is 35.5 Å². The van der Waals surface area contributed by atoms with E-state index >= 15 is 0 Å². The van der Waals surface area contributed by atoms with Crippen LogP contribution in [0, 0.1) is 11.8 Å². The molecule has 0 spiro atoms. The molecule has 8 heteroatoms. The van der Waals surface area contributed by atoms with Crippen molar-refractivity contribution in [2.45, 2.75) is 50.7 Å². The molecule has 3 heterocycles. The number of benzene rings is 1. The number of carbonyl (C=O) groups excluding carboxylic acids is 4. The van der Waals surface area contributed by atoms with Crippen LogP contribution in [0.2, 0.25) is 0 Å². The number of imide groups is 2. The highest BCUT2D eigenvalue weighted by Crippen LogP contribution is 2.32. The first-order valence-corrected chi connectivity index (χ1v) is 10.8. The van der Waals surface area contributed by atoms with E-state index in [1.165, 1.54) is 19.3 Å². The highest BCUT2D eigenvalue weighted by Gasteiger charge is 2.44. The highest BCUT2D eigenvalue weighted by atomic mass is 16.2. The van der Waals surface area contributed by atoms with Gasteiger partial charge in [-0.05, 0) is 61.9 Å². The first kappa shape index (κ1) is 19.4. The van der Waals surface area contributed by atoms with Gasteiger partial charge < -0.3 is 10.6 Å². The maximum absolute atomic E-state index is 13.0. The lowest BCUT2D eigenvalue weighted by atomic mass is 9.74. The van der Waals surface area contributed by atoms with E-state index in [2.05, 4.69) is 16.0 Å². The monoisotopic (exact) mass is 410 g/mol. The Hall–Kier alpha value is -2.58. The number of amides is 4. The van der Waals surface area contributed by atoms with Crippen LogP contribution in [0.1, 0.15) is 58.4 Å². The van der Waals surface area contributed by atoms with Crippen LogP contribution in [0.15, 0.2) is 18.2 Å². The molecule has 158 valence electrons. The van der Waals surface area contributed by atoms with E-state index < -0.39 is 23.8 Å². The zero-order chi connectivity index (χ0) is 20.8. The Morgan fingerprint density at radius 2 is 1.70 bits per heavy atom. The fourth-order valence-electron chi connectivity index (χ4n) is 5.50. The third-order valence-electron chi connectivity index (χ3n) is 7.02. The van der Waals surface area contributed by atoms with Crippen molar-refractivity contribution in [1.29, 1.82) is 0 Å². The van der Waals surface area contributed by atoms with E-state index in [4.69, 9.17) is 0 Å². The van der Waals surface area contributed by atoms with E-state index in [-0.39, 0.29) is 18.7 Å². The molecule has 0 radical (unpaired) electrons. The summed E-state index contributed by atoms with van der Waals surface area (Å²) in [7, 11) is 0. The molecule has 2 bridgehead atoms. The average molecular weight is 410 g/mol. The van der Waals surface area contributed by atoms with Crippen LogP contribution in [0.4, 0.5) is 0 Å². The van der Waals surface area contributed by atoms with Gasteiger partial charge in [0.05, 0.1) is 11.1 Å². The Labute approximate surface area is 174 Å². The second kappa shape index (κ2) is 7.59. The maximum atomic E-state index is 13.0. The molecule has 1 aromatic carbocycles. The summed E-state index contributed by atoms with van der Waals surface area (Å²) in [4.78, 5) is 50.4. The van der Waals surface area contributed by atoms with Gasteiger partial charge in [0.2, 0.25) is 11.8 Å². The number of hydrogen-bond acceptors (Lipinski definition) is 6. The second-order valence-electron chi connectivity index (χ2n) is 8.84. The summed E-state index contributed by atoms with van der Waals surface area (Å²) < 4.78 is 0. The zero-order valence-corrected chi connectivity index (χ0v) is 16.8. The molecule has 3 atom stereocenters. The molecular weight excluding hydrogens is 384 g/mol. The second-order valence-corrected chi connectivity index (χ2v) is 8.84. The minimum atomic E-state index is -0.925. The van der Waals surface area contributed by atoms with Gasteiger partial charge in [-0.1, -0.05) is 12.5 Å². The third-order valence-corrected chi connectivity index (χ3v) is 7.02. The number of nitrogens with one attached hydrogen (secondary N) is 3. The first-order chi connectivity index (χ1) is 14.5. The van der Waals surface area contributed by atoms with Gasteiger partial charge in [-0.3, -0.25) is 29.4 Å². The molecule has 30 heavy (non-hydrogen) atoms. The van der Waals surface area contributed by atoms with Gasteiger partial charge in [-0.15, -0.1) is 0 Å². The Morgan fingerprint density at radius 3 is 2.43 bits per heavy atom. The van der Waals surface area contributed by atoms with Crippen molar-refractivity contribution in [2.75, 3.05) is 13.1 Å². The molecule has 8 nitrogen and oxygen atoms in total. The Kier molecular flexibility index (Phi) is 4.91. The Balaban J connectivity index is 1.31. The molecule has 1 aromatic rings. The predicted octanol–water partition coefficient (Wildman–Crippen LogP) is 0.566. The fraction of sp³-hybridized carbons (Fsp3) is 0.545. The standard InChI is InChI=1S/C22H26N4O4/c27-18-7-6-17(20(28)25-18)26-21(29)15-5-4-12(8-16(15)22(26)30)9-24-19-13-2-1-3-14(19)11-23-10-13/h4-5,8,13-14,17,19,23-24H,1-3,6-7,9-11H2,(H,25,27,28). The summed E-state index contributed by atoms with van der Waals surface area (Å²) in [5, 5.41) is 9.44. The SMILES string of the molecule is O=C1CCC(N2C(=O)c3ccc(CNC4C5CCCC4CNC5)cc3C2=O)C(=O)N1. The normalized spacial score (nSPS) is 31.0. The minimum Gasteiger partial charge on any atom is -0.316 e. The van der Waals surface area contributed by atoms with Crippen LogP contribution < -0.4 is 16.0 Å². The number of hydrogen-bond donors (Lipinski definition) is 3. The van der Waals surface area contributed by atoms with Gasteiger partial charge in [0.15, 0.2) is 0 Å². The number of piperidine rings is 2. The number of nitrogens with zero attached hydrogens (tertiary/aromatic N) is 1. The summed E-state index contributed by atoms with van der Waals surface area (Å²) in [6, 6.07) is 4.88. The van der Waals surface area contributed by atoms with Gasteiger partial charge in [0.25, 0.3) is 11.8 Å². The third kappa shape index (κ3) is 3.24. The minimum absolute atomic E-state index is 0.123. The van der Waals surface area contributed by atoms with Gasteiger partial charge >= 0.3 is 0 Å². The van der Waals surface area contributed by atoms with Crippen LogP contribution in [0.3, 0.4) is 0 Å². The van der Waals surface area contributed by atoms with Gasteiger partial charge in [-0.2, -0.15) is 0 Å². The van der Waals surface area contributed by atoms with Crippen molar-refractivity contribution in [3.05, 3.63) is 34.9 Å². The van der Waals surface area contributed by atoms with Crippen LogP contribution in [-0.2, 0) is 16.1 Å². The zero-order valence-electron chi connectivity index (χ0n) is 16.8. The van der Waals surface area contributed by atoms with Crippen LogP contribution in [0.25, 0.3) is 0 Å². The summed E-state index contributed by atoms with van der Waals surface area (Å²) in [6.07, 6.45) is 4.06. The summed E-state index contributed by atoms with van der Waals surface area (Å²) in [6.45, 7) is 2.74. The lowest BCUT2D eigenvalue weighted by Gasteiger charge is -2.43. The Morgan fingerprint density at radius 1 is 0.967 bits per heavy atom. The smallest absolute Gasteiger partial charge is 0.262 e. The summed E-state index contributed by atoms with van der Waals surface area (Å²) in [5.41, 5.74) is 1.62. The molecule has 3 fully saturated rings. The van der Waals surface area contributed by atoms with Crippen molar-refractivity contribution in [3.63, 3.8) is 0 Å². The summed E-state index contributed by atoms with van der Waals surface area (Å²) in [5.74, 6) is -0.595. The molecule has 0 aromatic heterocycles. The average Bonchev–Trinajstić information content (AvgIpc) is 2.96. The lowest BCUT2D eigenvalue weighted by Crippen LogP contribution is -2.55. The quantitative estimate of drug-likeness (QED) is 0.627. The van der Waals surface area contributed by atoms with Crippen LogP contribution in [-0.4, -0.2) is 53.7 Å². The van der Waals surface area contributed by atoms with E-state index in [0.717, 1.165) is 23.6 Å². The topological polar surface area (TPSA) is 108 Å².